The van der Waals surface area contributed by atoms with Gasteiger partial charge in [0.1, 0.15) is 6.61 Å². The highest BCUT2D eigenvalue weighted by Crippen LogP contribution is 2.31. The number of anilines is 1. The van der Waals surface area contributed by atoms with Crippen LogP contribution in [0.3, 0.4) is 0 Å². The van der Waals surface area contributed by atoms with Crippen LogP contribution in [0.4, 0.5) is 5.69 Å². The molecule has 190 valence electrons. The Balaban J connectivity index is 1.27. The largest absolute Gasteiger partial charge is 0.493 e. The maximum absolute atomic E-state index is 12.9. The van der Waals surface area contributed by atoms with E-state index in [0.29, 0.717) is 47.1 Å². The second-order valence-electron chi connectivity index (χ2n) is 9.17. The molecule has 1 amide bonds. The molecule has 2 heterocycles. The van der Waals surface area contributed by atoms with Crippen molar-refractivity contribution >= 4 is 11.6 Å². The summed E-state index contributed by atoms with van der Waals surface area (Å²) in [6.45, 7) is 5.39. The molecule has 5 rings (SSSR count). The monoisotopic (exact) mass is 498 g/mol. The molecule has 1 aromatic heterocycles. The second-order valence-corrected chi connectivity index (χ2v) is 9.17. The molecule has 1 unspecified atom stereocenters. The van der Waals surface area contributed by atoms with Gasteiger partial charge >= 0.3 is 0 Å². The fourth-order valence-electron chi connectivity index (χ4n) is 4.50. The van der Waals surface area contributed by atoms with Crippen LogP contribution in [0.2, 0.25) is 0 Å². The first kappa shape index (κ1) is 24.5. The van der Waals surface area contributed by atoms with Gasteiger partial charge in [0.15, 0.2) is 11.5 Å². The van der Waals surface area contributed by atoms with E-state index >= 15 is 0 Å². The summed E-state index contributed by atoms with van der Waals surface area (Å²) >= 11 is 0. The number of carbonyl (C=O) groups excluding carboxylic acids is 1. The summed E-state index contributed by atoms with van der Waals surface area (Å²) in [4.78, 5) is 17.2. The first-order valence-corrected chi connectivity index (χ1v) is 12.4. The summed E-state index contributed by atoms with van der Waals surface area (Å²) in [5.41, 5.74) is 5.28. The fourth-order valence-corrected chi connectivity index (χ4v) is 4.50. The Morgan fingerprint density at radius 2 is 1.86 bits per heavy atom. The number of ether oxygens (including phenoxy) is 2. The van der Waals surface area contributed by atoms with Gasteiger partial charge in [0.25, 0.3) is 5.91 Å². The van der Waals surface area contributed by atoms with Crippen LogP contribution in [0.5, 0.6) is 11.5 Å². The van der Waals surface area contributed by atoms with Crippen molar-refractivity contribution in [1.29, 1.82) is 0 Å². The summed E-state index contributed by atoms with van der Waals surface area (Å²) in [5.74, 6) is 2.15. The number of rotatable bonds is 8. The third-order valence-electron chi connectivity index (χ3n) is 6.49. The first-order chi connectivity index (χ1) is 18.0. The molecule has 1 atom stereocenters. The van der Waals surface area contributed by atoms with Crippen molar-refractivity contribution in [2.75, 3.05) is 25.6 Å². The molecule has 8 nitrogen and oxygen atoms in total. The molecule has 0 aliphatic carbocycles. The summed E-state index contributed by atoms with van der Waals surface area (Å²) in [5, 5.41) is 10.4. The third kappa shape index (κ3) is 5.65. The van der Waals surface area contributed by atoms with E-state index in [-0.39, 0.29) is 5.91 Å². The normalized spacial score (nSPS) is 14.9. The smallest absolute Gasteiger partial charge is 0.255 e. The van der Waals surface area contributed by atoms with Crippen molar-refractivity contribution < 1.29 is 18.8 Å². The van der Waals surface area contributed by atoms with E-state index in [1.807, 2.05) is 55.5 Å². The van der Waals surface area contributed by atoms with Crippen LogP contribution in [0, 0.1) is 13.8 Å². The van der Waals surface area contributed by atoms with Gasteiger partial charge in [-0.2, -0.15) is 4.98 Å². The van der Waals surface area contributed by atoms with E-state index < -0.39 is 0 Å². The lowest BCUT2D eigenvalue weighted by Crippen LogP contribution is -2.28. The van der Waals surface area contributed by atoms with Crippen molar-refractivity contribution in [3.63, 3.8) is 0 Å². The molecule has 0 spiro atoms. The molecular formula is C29H30N4O4. The summed E-state index contributed by atoms with van der Waals surface area (Å²) < 4.78 is 16.5. The number of benzene rings is 3. The van der Waals surface area contributed by atoms with Crippen molar-refractivity contribution in [1.82, 2.24) is 15.5 Å². The van der Waals surface area contributed by atoms with Crippen molar-refractivity contribution in [2.24, 2.45) is 0 Å². The van der Waals surface area contributed by atoms with Crippen molar-refractivity contribution in [2.45, 2.75) is 32.7 Å². The highest BCUT2D eigenvalue weighted by molar-refractivity contribution is 6.04. The predicted octanol–water partition coefficient (Wildman–Crippen LogP) is 5.41. The number of amides is 1. The molecule has 0 bridgehead atoms. The van der Waals surface area contributed by atoms with Crippen LogP contribution in [0.1, 0.15) is 34.7 Å². The van der Waals surface area contributed by atoms with Crippen LogP contribution in [-0.2, 0) is 0 Å². The number of hydrogen-bond acceptors (Lipinski definition) is 7. The van der Waals surface area contributed by atoms with Crippen LogP contribution < -0.4 is 20.1 Å². The quantitative estimate of drug-likeness (QED) is 0.335. The zero-order valence-electron chi connectivity index (χ0n) is 21.2. The number of methoxy groups -OCH3 is 1. The van der Waals surface area contributed by atoms with Crippen LogP contribution >= 0.6 is 0 Å². The standard InChI is InChI=1S/C29H30N4O4/c1-18-15-22(28-31-19(2)37-33-28)10-12-25(18)20-6-8-21(9-7-20)29(34)32-23-11-13-26(35-3)27(16-23)36-17-24-5-4-14-30-24/h6-13,15-16,24,30H,4-5,14,17H2,1-3H3,(H,32,34). The molecule has 0 saturated carbocycles. The van der Waals surface area contributed by atoms with Gasteiger partial charge in [-0.15, -0.1) is 0 Å². The molecule has 37 heavy (non-hydrogen) atoms. The number of hydrogen-bond donors (Lipinski definition) is 2. The molecular weight excluding hydrogens is 468 g/mol. The van der Waals surface area contributed by atoms with Crippen molar-refractivity contribution in [3.05, 3.63) is 77.7 Å². The van der Waals surface area contributed by atoms with E-state index in [2.05, 4.69) is 20.8 Å². The predicted molar refractivity (Wildman–Crippen MR) is 142 cm³/mol. The number of aromatic nitrogens is 2. The minimum absolute atomic E-state index is 0.195. The van der Waals surface area contributed by atoms with Gasteiger partial charge in [0, 0.05) is 35.8 Å². The Morgan fingerprint density at radius 3 is 2.54 bits per heavy atom. The molecule has 1 saturated heterocycles. The maximum Gasteiger partial charge on any atom is 0.255 e. The summed E-state index contributed by atoms with van der Waals surface area (Å²) in [6.07, 6.45) is 2.25. The highest BCUT2D eigenvalue weighted by atomic mass is 16.5. The topological polar surface area (TPSA) is 98.5 Å². The van der Waals surface area contributed by atoms with E-state index in [4.69, 9.17) is 14.0 Å². The average molecular weight is 499 g/mol. The molecule has 8 heteroatoms. The van der Waals surface area contributed by atoms with Crippen LogP contribution in [0.25, 0.3) is 22.5 Å². The molecule has 0 radical (unpaired) electrons. The van der Waals surface area contributed by atoms with Crippen molar-refractivity contribution in [3.8, 4) is 34.0 Å². The van der Waals surface area contributed by atoms with Gasteiger partial charge in [-0.25, -0.2) is 0 Å². The molecule has 4 aromatic rings. The Bertz CT molecular complexity index is 1390. The minimum atomic E-state index is -0.195. The number of aryl methyl sites for hydroxylation is 2. The number of nitrogens with one attached hydrogen (secondary N) is 2. The van der Waals surface area contributed by atoms with Gasteiger partial charge in [-0.05, 0) is 73.3 Å². The molecule has 3 aromatic carbocycles. The fraction of sp³-hybridized carbons (Fsp3) is 0.276. The van der Waals surface area contributed by atoms with Gasteiger partial charge < -0.3 is 24.6 Å². The van der Waals surface area contributed by atoms with Gasteiger partial charge in [-0.3, -0.25) is 4.79 Å². The van der Waals surface area contributed by atoms with Crippen LogP contribution in [0.15, 0.2) is 65.2 Å². The van der Waals surface area contributed by atoms with E-state index in [0.717, 1.165) is 41.6 Å². The highest BCUT2D eigenvalue weighted by Gasteiger charge is 2.17. The molecule has 1 aliphatic rings. The van der Waals surface area contributed by atoms with Gasteiger partial charge in [0.2, 0.25) is 11.7 Å². The lowest BCUT2D eigenvalue weighted by molar-refractivity contribution is 0.102. The van der Waals surface area contributed by atoms with Crippen LogP contribution in [-0.4, -0.2) is 42.4 Å². The first-order valence-electron chi connectivity index (χ1n) is 12.4. The molecule has 2 N–H and O–H groups in total. The van der Waals surface area contributed by atoms with E-state index in [9.17, 15) is 4.79 Å². The van der Waals surface area contributed by atoms with Gasteiger partial charge in [-0.1, -0.05) is 29.4 Å². The van der Waals surface area contributed by atoms with E-state index in [1.165, 1.54) is 0 Å². The van der Waals surface area contributed by atoms with Gasteiger partial charge in [0.05, 0.1) is 7.11 Å². The SMILES string of the molecule is COc1ccc(NC(=O)c2ccc(-c3ccc(-c4noc(C)n4)cc3C)cc2)cc1OCC1CCCN1. The number of carbonyl (C=O) groups is 1. The second kappa shape index (κ2) is 10.8. The van der Waals surface area contributed by atoms with E-state index in [1.54, 1.807) is 26.2 Å². The molecule has 1 aliphatic heterocycles. The average Bonchev–Trinajstić information content (AvgIpc) is 3.59. The Labute approximate surface area is 216 Å². The summed E-state index contributed by atoms with van der Waals surface area (Å²) in [6, 6.07) is 19.3. The zero-order valence-corrected chi connectivity index (χ0v) is 21.2. The summed E-state index contributed by atoms with van der Waals surface area (Å²) in [7, 11) is 1.61. The lowest BCUT2D eigenvalue weighted by Gasteiger charge is -2.16. The molecule has 1 fully saturated rings. The Hall–Kier alpha value is -4.17. The lowest BCUT2D eigenvalue weighted by atomic mass is 9.97. The Morgan fingerprint density at radius 1 is 1.05 bits per heavy atom. The maximum atomic E-state index is 12.9. The third-order valence-corrected chi connectivity index (χ3v) is 6.49. The Kier molecular flexibility index (Phi) is 7.18. The number of nitrogens with zero attached hydrogens (tertiary/aromatic N) is 2. The zero-order chi connectivity index (χ0) is 25.8. The minimum Gasteiger partial charge on any atom is -0.493 e.